The number of aromatic hydroxyl groups is 1. The van der Waals surface area contributed by atoms with Gasteiger partial charge in [0.25, 0.3) is 5.91 Å². The van der Waals surface area contributed by atoms with Crippen LogP contribution in [0.5, 0.6) is 5.75 Å². The van der Waals surface area contributed by atoms with Gasteiger partial charge in [0.15, 0.2) is 0 Å². The number of carbonyl (C=O) groups excluding carboxylic acids is 1. The van der Waals surface area contributed by atoms with Gasteiger partial charge >= 0.3 is 0 Å². The molecule has 1 amide bonds. The minimum absolute atomic E-state index is 0.126. The third-order valence-electron chi connectivity index (χ3n) is 4.53. The van der Waals surface area contributed by atoms with Gasteiger partial charge in [-0.15, -0.1) is 0 Å². The van der Waals surface area contributed by atoms with Gasteiger partial charge in [-0.1, -0.05) is 72.8 Å². The number of phenolic OH excluding ortho intramolecular Hbond substituents is 1. The molecule has 25 heavy (non-hydrogen) atoms. The Morgan fingerprint density at radius 3 is 2.08 bits per heavy atom. The fourth-order valence-electron chi connectivity index (χ4n) is 3.33. The predicted molar refractivity (Wildman–Crippen MR) is 97.9 cm³/mol. The van der Waals surface area contributed by atoms with E-state index < -0.39 is 5.54 Å². The summed E-state index contributed by atoms with van der Waals surface area (Å²) in [6, 6.07) is 26.4. The van der Waals surface area contributed by atoms with E-state index in [1.54, 1.807) is 18.2 Å². The van der Waals surface area contributed by atoms with E-state index in [-0.39, 0.29) is 11.7 Å². The molecular formula is C22H17NO2. The van der Waals surface area contributed by atoms with Gasteiger partial charge in [0.1, 0.15) is 11.3 Å². The molecule has 3 aromatic rings. The maximum Gasteiger partial charge on any atom is 0.252 e. The van der Waals surface area contributed by atoms with Gasteiger partial charge in [0.05, 0.1) is 0 Å². The van der Waals surface area contributed by atoms with E-state index in [0.717, 1.165) is 16.7 Å². The largest absolute Gasteiger partial charge is 0.508 e. The van der Waals surface area contributed by atoms with E-state index in [1.165, 1.54) is 0 Å². The molecule has 1 unspecified atom stereocenters. The van der Waals surface area contributed by atoms with Crippen LogP contribution in [0.1, 0.15) is 16.7 Å². The third-order valence-corrected chi connectivity index (χ3v) is 4.53. The molecule has 1 aliphatic rings. The average Bonchev–Trinajstić information content (AvgIpc) is 3.02. The Kier molecular flexibility index (Phi) is 3.62. The topological polar surface area (TPSA) is 49.3 Å². The van der Waals surface area contributed by atoms with Crippen LogP contribution in [0.2, 0.25) is 0 Å². The first-order valence-electron chi connectivity index (χ1n) is 8.15. The van der Waals surface area contributed by atoms with Gasteiger partial charge < -0.3 is 10.4 Å². The second-order valence-corrected chi connectivity index (χ2v) is 6.10. The molecule has 0 saturated carbocycles. The van der Waals surface area contributed by atoms with Crippen LogP contribution in [0.15, 0.2) is 91.0 Å². The number of nitrogens with one attached hydrogen (secondary N) is 1. The molecule has 0 spiro atoms. The Balaban J connectivity index is 1.94. The Bertz CT molecular complexity index is 948. The van der Waals surface area contributed by atoms with Crippen LogP contribution in [-0.2, 0) is 10.3 Å². The van der Waals surface area contributed by atoms with Crippen molar-refractivity contribution in [2.45, 2.75) is 5.54 Å². The summed E-state index contributed by atoms with van der Waals surface area (Å²) in [6.45, 7) is 0. The highest BCUT2D eigenvalue weighted by atomic mass is 16.3. The van der Waals surface area contributed by atoms with Crippen molar-refractivity contribution in [2.75, 3.05) is 0 Å². The molecule has 0 saturated heterocycles. The number of rotatable bonds is 3. The number of phenols is 1. The second-order valence-electron chi connectivity index (χ2n) is 6.10. The van der Waals surface area contributed by atoms with E-state index in [2.05, 4.69) is 5.32 Å². The summed E-state index contributed by atoms with van der Waals surface area (Å²) in [5.41, 5.74) is 2.46. The molecule has 3 aromatic carbocycles. The third kappa shape index (κ3) is 2.60. The fourth-order valence-corrected chi connectivity index (χ4v) is 3.33. The van der Waals surface area contributed by atoms with Crippen LogP contribution in [0.3, 0.4) is 0 Å². The van der Waals surface area contributed by atoms with E-state index in [0.29, 0.717) is 5.57 Å². The van der Waals surface area contributed by atoms with E-state index in [1.807, 2.05) is 72.8 Å². The van der Waals surface area contributed by atoms with Crippen LogP contribution in [0.25, 0.3) is 5.57 Å². The van der Waals surface area contributed by atoms with Gasteiger partial charge in [0, 0.05) is 5.57 Å². The molecule has 3 heteroatoms. The van der Waals surface area contributed by atoms with Crippen molar-refractivity contribution >= 4 is 11.5 Å². The molecule has 0 aromatic heterocycles. The van der Waals surface area contributed by atoms with Crippen LogP contribution in [0, 0.1) is 0 Å². The van der Waals surface area contributed by atoms with E-state index in [4.69, 9.17) is 0 Å². The van der Waals surface area contributed by atoms with Crippen LogP contribution < -0.4 is 5.32 Å². The van der Waals surface area contributed by atoms with Crippen molar-refractivity contribution < 1.29 is 9.90 Å². The van der Waals surface area contributed by atoms with Crippen molar-refractivity contribution in [1.82, 2.24) is 5.32 Å². The van der Waals surface area contributed by atoms with Gasteiger partial charge in [-0.05, 0) is 34.9 Å². The highest BCUT2D eigenvalue weighted by Gasteiger charge is 2.41. The molecule has 0 radical (unpaired) electrons. The quantitative estimate of drug-likeness (QED) is 0.768. The van der Waals surface area contributed by atoms with Crippen molar-refractivity contribution in [3.63, 3.8) is 0 Å². The molecule has 0 aliphatic carbocycles. The Hall–Kier alpha value is -3.33. The molecule has 1 atom stereocenters. The average molecular weight is 327 g/mol. The number of hydrogen-bond acceptors (Lipinski definition) is 2. The fraction of sp³-hybridized carbons (Fsp3) is 0.0455. The standard InChI is InChI=1S/C22H17NO2/c24-19-13-7-12-18(14-19)22(17-10-5-2-6-11-17)15-20(21(25)23-22)16-8-3-1-4-9-16/h1-15,24H,(H,23,25). The highest BCUT2D eigenvalue weighted by Crippen LogP contribution is 2.39. The summed E-state index contributed by atoms with van der Waals surface area (Å²) < 4.78 is 0. The van der Waals surface area contributed by atoms with Crippen molar-refractivity contribution in [1.29, 1.82) is 0 Å². The van der Waals surface area contributed by atoms with Crippen LogP contribution in [0.4, 0.5) is 0 Å². The van der Waals surface area contributed by atoms with Gasteiger partial charge in [-0.3, -0.25) is 4.79 Å². The maximum absolute atomic E-state index is 12.8. The number of carbonyl (C=O) groups is 1. The Morgan fingerprint density at radius 2 is 1.40 bits per heavy atom. The van der Waals surface area contributed by atoms with Crippen molar-refractivity contribution in [2.24, 2.45) is 0 Å². The number of amides is 1. The van der Waals surface area contributed by atoms with Gasteiger partial charge in [-0.25, -0.2) is 0 Å². The summed E-state index contributed by atoms with van der Waals surface area (Å²) in [7, 11) is 0. The molecule has 0 fully saturated rings. The molecule has 4 rings (SSSR count). The lowest BCUT2D eigenvalue weighted by Gasteiger charge is -2.29. The number of benzene rings is 3. The van der Waals surface area contributed by atoms with Gasteiger partial charge in [-0.2, -0.15) is 0 Å². The summed E-state index contributed by atoms with van der Waals surface area (Å²) >= 11 is 0. The molecular weight excluding hydrogens is 310 g/mol. The lowest BCUT2D eigenvalue weighted by Crippen LogP contribution is -2.40. The summed E-state index contributed by atoms with van der Waals surface area (Å²) in [6.07, 6.45) is 1.95. The zero-order valence-corrected chi connectivity index (χ0v) is 13.5. The molecule has 1 aliphatic heterocycles. The van der Waals surface area contributed by atoms with Crippen LogP contribution in [-0.4, -0.2) is 11.0 Å². The highest BCUT2D eigenvalue weighted by molar-refractivity contribution is 6.22. The molecule has 2 N–H and O–H groups in total. The first-order valence-corrected chi connectivity index (χ1v) is 8.15. The monoisotopic (exact) mass is 327 g/mol. The Labute approximate surface area is 146 Å². The Morgan fingerprint density at radius 1 is 0.760 bits per heavy atom. The predicted octanol–water partition coefficient (Wildman–Crippen LogP) is 3.85. The molecule has 1 heterocycles. The lowest BCUT2D eigenvalue weighted by molar-refractivity contribution is -0.115. The minimum Gasteiger partial charge on any atom is -0.508 e. The first-order chi connectivity index (χ1) is 12.2. The smallest absolute Gasteiger partial charge is 0.252 e. The van der Waals surface area contributed by atoms with Crippen molar-refractivity contribution in [3.05, 3.63) is 108 Å². The maximum atomic E-state index is 12.8. The van der Waals surface area contributed by atoms with E-state index in [9.17, 15) is 9.90 Å². The second kappa shape index (κ2) is 5.95. The number of hydrogen-bond donors (Lipinski definition) is 2. The van der Waals surface area contributed by atoms with Crippen molar-refractivity contribution in [3.8, 4) is 5.75 Å². The summed E-state index contributed by atoms with van der Waals surface area (Å²) in [5, 5.41) is 13.1. The molecule has 122 valence electrons. The summed E-state index contributed by atoms with van der Waals surface area (Å²) in [5.74, 6) is 0.0435. The van der Waals surface area contributed by atoms with E-state index >= 15 is 0 Å². The first kappa shape index (κ1) is 15.2. The zero-order chi connectivity index (χ0) is 17.3. The normalized spacial score (nSPS) is 19.4. The molecule has 3 nitrogen and oxygen atoms in total. The lowest BCUT2D eigenvalue weighted by atomic mass is 9.83. The minimum atomic E-state index is -0.803. The molecule has 0 bridgehead atoms. The van der Waals surface area contributed by atoms with Gasteiger partial charge in [0.2, 0.25) is 0 Å². The SMILES string of the molecule is O=C1NC(c2ccccc2)(c2cccc(O)c2)C=C1c1ccccc1. The van der Waals surface area contributed by atoms with Crippen LogP contribution >= 0.6 is 0 Å². The zero-order valence-electron chi connectivity index (χ0n) is 13.5. The summed E-state index contributed by atoms with van der Waals surface area (Å²) in [4.78, 5) is 12.8.